The highest BCUT2D eigenvalue weighted by molar-refractivity contribution is 7.98. The summed E-state index contributed by atoms with van der Waals surface area (Å²) < 4.78 is 1.24. The number of hydrogen-bond donors (Lipinski definition) is 1. The number of carbonyl (C=O) groups is 1. The fourth-order valence-electron chi connectivity index (χ4n) is 3.11. The first-order chi connectivity index (χ1) is 14.6. The van der Waals surface area contributed by atoms with Gasteiger partial charge in [0.1, 0.15) is 5.56 Å². The zero-order valence-corrected chi connectivity index (χ0v) is 19.2. The second-order valence-corrected chi connectivity index (χ2v) is 8.71. The lowest BCUT2D eigenvalue weighted by Crippen LogP contribution is -2.33. The molecule has 30 heavy (non-hydrogen) atoms. The fourth-order valence-corrected chi connectivity index (χ4v) is 4.43. The van der Waals surface area contributed by atoms with Crippen molar-refractivity contribution in [1.29, 1.82) is 0 Å². The summed E-state index contributed by atoms with van der Waals surface area (Å²) in [6, 6.07) is 8.23. The number of amides is 1. The van der Waals surface area contributed by atoms with Crippen LogP contribution in [0, 0.1) is 0 Å². The van der Waals surface area contributed by atoms with Crippen LogP contribution < -0.4 is 15.8 Å². The van der Waals surface area contributed by atoms with Crippen molar-refractivity contribution < 1.29 is 4.79 Å². The van der Waals surface area contributed by atoms with Crippen molar-refractivity contribution in [2.75, 3.05) is 30.8 Å². The third-order valence-electron chi connectivity index (χ3n) is 4.64. The molecule has 0 spiro atoms. The Kier molecular flexibility index (Phi) is 7.87. The molecule has 3 rings (SSSR count). The predicted molar refractivity (Wildman–Crippen MR) is 124 cm³/mol. The number of hydrogen-bond acceptors (Lipinski definition) is 7. The maximum Gasteiger partial charge on any atom is 0.288 e. The highest BCUT2D eigenvalue weighted by atomic mass is 32.2. The SMILES string of the molecule is CCCN(CCC)c1nn2c(=O)c(C(=O)NCCc3ccc(SC)cc3)cnc2s1. The van der Waals surface area contributed by atoms with Crippen LogP contribution in [0.5, 0.6) is 0 Å². The Morgan fingerprint density at radius 2 is 1.90 bits per heavy atom. The largest absolute Gasteiger partial charge is 0.351 e. The fraction of sp³-hybridized carbons (Fsp3) is 0.429. The van der Waals surface area contributed by atoms with Crippen LogP contribution >= 0.6 is 23.1 Å². The van der Waals surface area contributed by atoms with Gasteiger partial charge < -0.3 is 10.2 Å². The summed E-state index contributed by atoms with van der Waals surface area (Å²) >= 11 is 3.06. The number of benzene rings is 1. The molecule has 1 amide bonds. The topological polar surface area (TPSA) is 79.6 Å². The zero-order chi connectivity index (χ0) is 21.5. The Balaban J connectivity index is 1.71. The van der Waals surface area contributed by atoms with Gasteiger partial charge in [-0.3, -0.25) is 9.59 Å². The Labute approximate surface area is 184 Å². The van der Waals surface area contributed by atoms with E-state index in [9.17, 15) is 9.59 Å². The van der Waals surface area contributed by atoms with Gasteiger partial charge in [-0.25, -0.2) is 4.98 Å². The van der Waals surface area contributed by atoms with Crippen LogP contribution in [0.4, 0.5) is 5.13 Å². The Hall–Kier alpha value is -2.39. The third-order valence-corrected chi connectivity index (χ3v) is 6.36. The second kappa shape index (κ2) is 10.6. The van der Waals surface area contributed by atoms with Gasteiger partial charge >= 0.3 is 0 Å². The molecule has 0 aliphatic heterocycles. The Bertz CT molecular complexity index is 1040. The van der Waals surface area contributed by atoms with Crippen molar-refractivity contribution >= 4 is 39.1 Å². The maximum atomic E-state index is 12.8. The minimum atomic E-state index is -0.433. The van der Waals surface area contributed by atoms with Gasteiger partial charge in [0.2, 0.25) is 10.1 Å². The van der Waals surface area contributed by atoms with Gasteiger partial charge in [0, 0.05) is 30.7 Å². The van der Waals surface area contributed by atoms with Crippen LogP contribution in [0.2, 0.25) is 0 Å². The van der Waals surface area contributed by atoms with Gasteiger partial charge in [-0.2, -0.15) is 4.52 Å². The molecular formula is C21H27N5O2S2. The minimum absolute atomic E-state index is 0.0135. The van der Waals surface area contributed by atoms with Crippen LogP contribution in [-0.4, -0.2) is 46.4 Å². The van der Waals surface area contributed by atoms with E-state index in [1.165, 1.54) is 26.9 Å². The van der Waals surface area contributed by atoms with Crippen LogP contribution in [0.3, 0.4) is 0 Å². The molecule has 2 aromatic heterocycles. The first kappa shape index (κ1) is 22.3. The lowest BCUT2D eigenvalue weighted by atomic mass is 10.1. The summed E-state index contributed by atoms with van der Waals surface area (Å²) in [5, 5.41) is 8.02. The van der Waals surface area contributed by atoms with Crippen molar-refractivity contribution in [2.24, 2.45) is 0 Å². The molecule has 1 N–H and O–H groups in total. The quantitative estimate of drug-likeness (QED) is 0.482. The van der Waals surface area contributed by atoms with Crippen LogP contribution in [0.1, 0.15) is 42.6 Å². The molecule has 0 aliphatic carbocycles. The molecule has 0 unspecified atom stereocenters. The minimum Gasteiger partial charge on any atom is -0.351 e. The Morgan fingerprint density at radius 3 is 2.53 bits per heavy atom. The number of thioether (sulfide) groups is 1. The summed E-state index contributed by atoms with van der Waals surface area (Å²) in [6.07, 6.45) is 6.07. The van der Waals surface area contributed by atoms with Crippen LogP contribution in [0.15, 0.2) is 40.2 Å². The number of anilines is 1. The van der Waals surface area contributed by atoms with Gasteiger partial charge in [-0.1, -0.05) is 37.3 Å². The second-order valence-electron chi connectivity index (χ2n) is 6.90. The van der Waals surface area contributed by atoms with Crippen LogP contribution in [0.25, 0.3) is 4.96 Å². The molecule has 9 heteroatoms. The zero-order valence-electron chi connectivity index (χ0n) is 17.6. The van der Waals surface area contributed by atoms with Crippen LogP contribution in [-0.2, 0) is 6.42 Å². The first-order valence-corrected chi connectivity index (χ1v) is 12.2. The van der Waals surface area contributed by atoms with Crippen molar-refractivity contribution in [3.8, 4) is 0 Å². The van der Waals surface area contributed by atoms with Gasteiger partial charge in [0.05, 0.1) is 0 Å². The highest BCUT2D eigenvalue weighted by Gasteiger charge is 2.18. The molecule has 0 saturated carbocycles. The van der Waals surface area contributed by atoms with Crippen molar-refractivity contribution in [3.05, 3.63) is 51.9 Å². The summed E-state index contributed by atoms with van der Waals surface area (Å²) in [7, 11) is 0. The maximum absolute atomic E-state index is 12.8. The summed E-state index contributed by atoms with van der Waals surface area (Å²) in [5.74, 6) is -0.420. The molecule has 7 nitrogen and oxygen atoms in total. The summed E-state index contributed by atoms with van der Waals surface area (Å²) in [6.45, 7) is 6.41. The van der Waals surface area contributed by atoms with E-state index in [0.29, 0.717) is 17.9 Å². The number of nitrogens with one attached hydrogen (secondary N) is 1. The lowest BCUT2D eigenvalue weighted by molar-refractivity contribution is 0.0952. The third kappa shape index (κ3) is 5.20. The van der Waals surface area contributed by atoms with E-state index in [4.69, 9.17) is 0 Å². The van der Waals surface area contributed by atoms with E-state index in [0.717, 1.165) is 36.6 Å². The van der Waals surface area contributed by atoms with Crippen molar-refractivity contribution in [3.63, 3.8) is 0 Å². The van der Waals surface area contributed by atoms with Crippen molar-refractivity contribution in [2.45, 2.75) is 38.0 Å². The van der Waals surface area contributed by atoms with E-state index < -0.39 is 11.5 Å². The molecular weight excluding hydrogens is 418 g/mol. The predicted octanol–water partition coefficient (Wildman–Crippen LogP) is 3.47. The highest BCUT2D eigenvalue weighted by Crippen LogP contribution is 2.21. The number of rotatable bonds is 10. The molecule has 160 valence electrons. The number of fused-ring (bicyclic) bond motifs is 1. The first-order valence-electron chi connectivity index (χ1n) is 10.1. The van der Waals surface area contributed by atoms with E-state index in [1.807, 2.05) is 6.26 Å². The van der Waals surface area contributed by atoms with E-state index in [2.05, 4.69) is 58.4 Å². The summed E-state index contributed by atoms with van der Waals surface area (Å²) in [5.41, 5.74) is 0.714. The standard InChI is InChI=1S/C21H27N5O2S2/c1-4-12-25(13-5-2)21-24-26-19(28)17(14-23-20(26)30-21)18(27)22-11-10-15-6-8-16(29-3)9-7-15/h6-9,14H,4-5,10-13H2,1-3H3,(H,22,27). The van der Waals surface area contributed by atoms with E-state index >= 15 is 0 Å². The normalized spacial score (nSPS) is 11.0. The molecule has 0 radical (unpaired) electrons. The van der Waals surface area contributed by atoms with Gasteiger partial charge in [0.15, 0.2) is 0 Å². The average molecular weight is 446 g/mol. The van der Waals surface area contributed by atoms with Gasteiger partial charge in [0.25, 0.3) is 11.5 Å². The van der Waals surface area contributed by atoms with E-state index in [-0.39, 0.29) is 5.56 Å². The molecule has 0 bridgehead atoms. The van der Waals surface area contributed by atoms with Gasteiger partial charge in [-0.15, -0.1) is 16.9 Å². The molecule has 2 heterocycles. The Morgan fingerprint density at radius 1 is 1.20 bits per heavy atom. The molecule has 0 atom stereocenters. The van der Waals surface area contributed by atoms with E-state index in [1.54, 1.807) is 11.8 Å². The molecule has 0 fully saturated rings. The summed E-state index contributed by atoms with van der Waals surface area (Å²) in [4.78, 5) is 33.5. The number of carbonyl (C=O) groups excluding carboxylic acids is 1. The number of nitrogens with zero attached hydrogens (tertiary/aromatic N) is 4. The smallest absolute Gasteiger partial charge is 0.288 e. The van der Waals surface area contributed by atoms with Crippen molar-refractivity contribution in [1.82, 2.24) is 19.9 Å². The molecule has 3 aromatic rings. The average Bonchev–Trinajstić information content (AvgIpc) is 3.19. The molecule has 0 saturated heterocycles. The monoisotopic (exact) mass is 445 g/mol. The molecule has 1 aromatic carbocycles. The molecule has 0 aliphatic rings. The van der Waals surface area contributed by atoms with Gasteiger partial charge in [-0.05, 0) is 43.2 Å². The lowest BCUT2D eigenvalue weighted by Gasteiger charge is -2.19. The number of aromatic nitrogens is 3.